The number of amides is 2. The zero-order valence-electron chi connectivity index (χ0n) is 15.2. The Bertz CT molecular complexity index is 838. The number of likely N-dealkylation sites (N-methyl/N-ethyl adjacent to an activating group) is 1. The molecule has 0 saturated carbocycles. The number of fused-ring (bicyclic) bond motifs is 1. The van der Waals surface area contributed by atoms with Crippen LogP contribution in [0.3, 0.4) is 0 Å². The van der Waals surface area contributed by atoms with Gasteiger partial charge in [-0.05, 0) is 54.4 Å². The van der Waals surface area contributed by atoms with E-state index in [9.17, 15) is 9.59 Å². The number of anilines is 1. The number of carbonyl (C=O) groups is 2. The minimum atomic E-state index is -0.338. The Hall–Kier alpha value is -2.73. The molecule has 0 aromatic heterocycles. The van der Waals surface area contributed by atoms with Gasteiger partial charge in [-0.15, -0.1) is 0 Å². The molecular formula is C20H21ClN2O4. The van der Waals surface area contributed by atoms with Crippen LogP contribution in [0.25, 0.3) is 0 Å². The van der Waals surface area contributed by atoms with E-state index >= 15 is 0 Å². The Morgan fingerprint density at radius 1 is 1.26 bits per heavy atom. The van der Waals surface area contributed by atoms with Crippen LogP contribution in [0.1, 0.15) is 5.56 Å². The molecule has 0 radical (unpaired) electrons. The van der Waals surface area contributed by atoms with Crippen molar-refractivity contribution in [1.29, 1.82) is 0 Å². The first-order chi connectivity index (χ1) is 13.0. The number of carbonyl (C=O) groups excluding carboxylic acids is 2. The molecule has 142 valence electrons. The van der Waals surface area contributed by atoms with Crippen LogP contribution in [0.15, 0.2) is 42.5 Å². The summed E-state index contributed by atoms with van der Waals surface area (Å²) in [5, 5.41) is 3.38. The number of benzene rings is 2. The van der Waals surface area contributed by atoms with Gasteiger partial charge >= 0.3 is 0 Å². The highest BCUT2D eigenvalue weighted by molar-refractivity contribution is 6.30. The smallest absolute Gasteiger partial charge is 0.243 e. The van der Waals surface area contributed by atoms with E-state index in [1.54, 1.807) is 44.5 Å². The van der Waals surface area contributed by atoms with Gasteiger partial charge in [-0.2, -0.15) is 0 Å². The third kappa shape index (κ3) is 4.71. The van der Waals surface area contributed by atoms with E-state index in [1.165, 1.54) is 4.90 Å². The molecule has 1 atom stereocenters. The van der Waals surface area contributed by atoms with Gasteiger partial charge in [0.1, 0.15) is 18.1 Å². The number of ether oxygens (including phenoxy) is 2. The quantitative estimate of drug-likeness (QED) is 0.855. The summed E-state index contributed by atoms with van der Waals surface area (Å²) in [6, 6.07) is 12.4. The Balaban J connectivity index is 1.56. The molecule has 0 fully saturated rings. The highest BCUT2D eigenvalue weighted by Gasteiger charge is 2.29. The Kier molecular flexibility index (Phi) is 5.86. The van der Waals surface area contributed by atoms with Crippen LogP contribution in [-0.2, 0) is 16.0 Å². The van der Waals surface area contributed by atoms with Crippen molar-refractivity contribution >= 4 is 29.1 Å². The summed E-state index contributed by atoms with van der Waals surface area (Å²) in [5.41, 5.74) is 1.55. The maximum Gasteiger partial charge on any atom is 0.243 e. The van der Waals surface area contributed by atoms with E-state index in [1.807, 2.05) is 12.1 Å². The molecule has 27 heavy (non-hydrogen) atoms. The van der Waals surface area contributed by atoms with Crippen molar-refractivity contribution < 1.29 is 19.1 Å². The number of methoxy groups -OCH3 is 1. The second-order valence-electron chi connectivity index (χ2n) is 6.44. The molecule has 7 heteroatoms. The first kappa shape index (κ1) is 19.0. The van der Waals surface area contributed by atoms with Gasteiger partial charge in [0.05, 0.1) is 19.6 Å². The monoisotopic (exact) mass is 388 g/mol. The predicted octanol–water partition coefficient (Wildman–Crippen LogP) is 3.00. The molecular weight excluding hydrogens is 368 g/mol. The lowest BCUT2D eigenvalue weighted by Gasteiger charge is -2.28. The third-order valence-electron chi connectivity index (χ3n) is 4.41. The number of hydrogen-bond donors (Lipinski definition) is 1. The fourth-order valence-electron chi connectivity index (χ4n) is 3.00. The van der Waals surface area contributed by atoms with Crippen LogP contribution in [-0.4, -0.2) is 44.0 Å². The van der Waals surface area contributed by atoms with Crippen molar-refractivity contribution in [2.75, 3.05) is 32.6 Å². The molecule has 1 aliphatic rings. The highest BCUT2D eigenvalue weighted by Crippen LogP contribution is 2.30. The van der Waals surface area contributed by atoms with Gasteiger partial charge in [-0.25, -0.2) is 0 Å². The van der Waals surface area contributed by atoms with Gasteiger partial charge in [0.2, 0.25) is 11.8 Å². The average molecular weight is 389 g/mol. The van der Waals surface area contributed by atoms with Gasteiger partial charge in [0, 0.05) is 17.8 Å². The number of rotatable bonds is 5. The second-order valence-corrected chi connectivity index (χ2v) is 6.87. The molecule has 0 aliphatic carbocycles. The third-order valence-corrected chi connectivity index (χ3v) is 4.64. The van der Waals surface area contributed by atoms with E-state index in [2.05, 4.69) is 5.32 Å². The van der Waals surface area contributed by atoms with Gasteiger partial charge < -0.3 is 19.7 Å². The van der Waals surface area contributed by atoms with Gasteiger partial charge in [-0.3, -0.25) is 9.59 Å². The van der Waals surface area contributed by atoms with Crippen molar-refractivity contribution in [2.45, 2.75) is 6.42 Å². The Morgan fingerprint density at radius 3 is 2.70 bits per heavy atom. The minimum absolute atomic E-state index is 0.0379. The van der Waals surface area contributed by atoms with E-state index in [0.29, 0.717) is 22.9 Å². The lowest BCUT2D eigenvalue weighted by Crippen LogP contribution is -2.42. The summed E-state index contributed by atoms with van der Waals surface area (Å²) in [6.45, 7) is 0.252. The zero-order chi connectivity index (χ0) is 19.4. The van der Waals surface area contributed by atoms with Crippen molar-refractivity contribution in [3.8, 4) is 11.5 Å². The molecule has 2 amide bonds. The maximum atomic E-state index is 12.7. The lowest BCUT2D eigenvalue weighted by molar-refractivity contribution is -0.138. The Labute approximate surface area is 163 Å². The number of hydrogen-bond acceptors (Lipinski definition) is 4. The van der Waals surface area contributed by atoms with Crippen LogP contribution in [0.2, 0.25) is 5.02 Å². The molecule has 0 saturated heterocycles. The molecule has 6 nitrogen and oxygen atoms in total. The van der Waals surface area contributed by atoms with Crippen LogP contribution >= 0.6 is 11.6 Å². The van der Waals surface area contributed by atoms with Crippen LogP contribution < -0.4 is 14.8 Å². The second kappa shape index (κ2) is 8.31. The minimum Gasteiger partial charge on any atom is -0.497 e. The lowest BCUT2D eigenvalue weighted by atomic mass is 9.95. The fraction of sp³-hybridized carbons (Fsp3) is 0.300. The van der Waals surface area contributed by atoms with Crippen molar-refractivity contribution in [3.63, 3.8) is 0 Å². The first-order valence-corrected chi connectivity index (χ1v) is 8.94. The molecule has 1 aliphatic heterocycles. The molecule has 2 aromatic carbocycles. The molecule has 2 aromatic rings. The summed E-state index contributed by atoms with van der Waals surface area (Å²) in [5.74, 6) is 0.720. The van der Waals surface area contributed by atoms with Crippen LogP contribution in [0.4, 0.5) is 5.69 Å². The predicted molar refractivity (Wildman–Crippen MR) is 103 cm³/mol. The fourth-order valence-corrected chi connectivity index (χ4v) is 3.20. The van der Waals surface area contributed by atoms with Crippen molar-refractivity contribution in [3.05, 3.63) is 53.1 Å². The van der Waals surface area contributed by atoms with Gasteiger partial charge in [0.15, 0.2) is 0 Å². The summed E-state index contributed by atoms with van der Waals surface area (Å²) in [6.07, 6.45) is 0.541. The van der Waals surface area contributed by atoms with Gasteiger partial charge in [-0.1, -0.05) is 11.6 Å². The van der Waals surface area contributed by atoms with Crippen molar-refractivity contribution in [2.24, 2.45) is 5.92 Å². The van der Waals surface area contributed by atoms with Crippen LogP contribution in [0.5, 0.6) is 11.5 Å². The SMILES string of the molecule is COc1ccc(NC(=O)CN(C)C(=O)[C@@H]2COc3ccc(Cl)cc3C2)cc1. The summed E-state index contributed by atoms with van der Waals surface area (Å²) in [4.78, 5) is 26.3. The standard InChI is InChI=1S/C20H21ClN2O4/c1-23(11-19(24)22-16-4-6-17(26-2)7-5-16)20(25)14-9-13-10-15(21)3-8-18(13)27-12-14/h3-8,10,14H,9,11-12H2,1-2H3,(H,22,24)/t14-/m0/s1. The number of nitrogens with one attached hydrogen (secondary N) is 1. The van der Waals surface area contributed by atoms with E-state index < -0.39 is 0 Å². The van der Waals surface area contributed by atoms with E-state index in [4.69, 9.17) is 21.1 Å². The summed E-state index contributed by atoms with van der Waals surface area (Å²) in [7, 11) is 3.19. The maximum absolute atomic E-state index is 12.7. The van der Waals surface area contributed by atoms with E-state index in [0.717, 1.165) is 11.3 Å². The van der Waals surface area contributed by atoms with E-state index in [-0.39, 0.29) is 30.9 Å². The molecule has 3 rings (SSSR count). The summed E-state index contributed by atoms with van der Waals surface area (Å²) < 4.78 is 10.8. The Morgan fingerprint density at radius 2 is 2.00 bits per heavy atom. The average Bonchev–Trinajstić information content (AvgIpc) is 2.67. The largest absolute Gasteiger partial charge is 0.497 e. The number of nitrogens with zero attached hydrogens (tertiary/aromatic N) is 1. The summed E-state index contributed by atoms with van der Waals surface area (Å²) >= 11 is 6.02. The number of halogens is 1. The zero-order valence-corrected chi connectivity index (χ0v) is 16.0. The first-order valence-electron chi connectivity index (χ1n) is 8.56. The molecule has 0 unspecified atom stereocenters. The normalized spacial score (nSPS) is 15.3. The topological polar surface area (TPSA) is 67.9 Å². The molecule has 1 N–H and O–H groups in total. The van der Waals surface area contributed by atoms with Gasteiger partial charge in [0.25, 0.3) is 0 Å². The van der Waals surface area contributed by atoms with Crippen LogP contribution in [0, 0.1) is 5.92 Å². The molecule has 1 heterocycles. The molecule has 0 spiro atoms. The highest BCUT2D eigenvalue weighted by atomic mass is 35.5. The molecule has 0 bridgehead atoms. The van der Waals surface area contributed by atoms with Crippen molar-refractivity contribution in [1.82, 2.24) is 4.90 Å².